The Bertz CT molecular complexity index is 1310. The molecular weight excluding hydrogens is 637 g/mol. The van der Waals surface area contributed by atoms with Crippen LogP contribution in [0, 0.1) is 13.7 Å². The van der Waals surface area contributed by atoms with Gasteiger partial charge in [-0.05, 0) is 71.5 Å². The molecule has 13 heteroatoms. The van der Waals surface area contributed by atoms with E-state index in [0.29, 0.717) is 43.4 Å². The van der Waals surface area contributed by atoms with Crippen molar-refractivity contribution in [2.24, 2.45) is 5.10 Å². The second kappa shape index (κ2) is 12.0. The molecule has 0 heterocycles. The van der Waals surface area contributed by atoms with Crippen LogP contribution in [0.5, 0.6) is 11.5 Å². The van der Waals surface area contributed by atoms with Crippen molar-refractivity contribution in [1.82, 2.24) is 0 Å². The number of nitrogens with zero attached hydrogens (tertiary/aromatic N) is 2. The highest BCUT2D eigenvalue weighted by Gasteiger charge is 2.33. The maximum Gasteiger partial charge on any atom is 0.416 e. The summed E-state index contributed by atoms with van der Waals surface area (Å²) in [5.74, 6) is 0.906. The number of hydrazone groups is 1. The molecule has 0 radical (unpaired) electrons. The highest BCUT2D eigenvalue weighted by molar-refractivity contribution is 14.1. The van der Waals surface area contributed by atoms with Crippen LogP contribution in [-0.2, 0) is 12.8 Å². The molecule has 0 amide bonds. The highest BCUT2D eigenvalue weighted by atomic mass is 127. The highest BCUT2D eigenvalue weighted by Crippen LogP contribution is 2.36. The smallest absolute Gasteiger partial charge is 0.416 e. The van der Waals surface area contributed by atoms with Gasteiger partial charge in [-0.25, -0.2) is 0 Å². The van der Waals surface area contributed by atoms with Gasteiger partial charge in [0.25, 0.3) is 5.69 Å². The van der Waals surface area contributed by atoms with Crippen molar-refractivity contribution in [2.75, 3.05) is 12.0 Å². The minimum atomic E-state index is -4.71. The van der Waals surface area contributed by atoms with Gasteiger partial charge in [-0.1, -0.05) is 29.3 Å². The standard InChI is InChI=1S/C23H17Cl2F3IN3O4/c1-2-35-21-8-13(7-18(29)22(21)36-12-14-3-5-16(24)10-17(14)25)11-30-31-19-6-4-15(23(26,27)28)9-20(19)32(33)34/h3-11,31H,2,12H2,1H3/b30-11-. The van der Waals surface area contributed by atoms with Gasteiger partial charge in [-0.2, -0.15) is 18.3 Å². The van der Waals surface area contributed by atoms with Crippen LogP contribution in [0.25, 0.3) is 0 Å². The normalized spacial score (nSPS) is 11.5. The predicted molar refractivity (Wildman–Crippen MR) is 140 cm³/mol. The zero-order valence-electron chi connectivity index (χ0n) is 18.4. The summed E-state index contributed by atoms with van der Waals surface area (Å²) in [5.41, 5.74) is 1.64. The predicted octanol–water partition coefficient (Wildman–Crippen LogP) is 7.95. The van der Waals surface area contributed by atoms with Gasteiger partial charge in [0.05, 0.1) is 26.9 Å². The van der Waals surface area contributed by atoms with Crippen LogP contribution in [0.3, 0.4) is 0 Å². The third-order valence-electron chi connectivity index (χ3n) is 4.64. The molecule has 0 aliphatic heterocycles. The van der Waals surface area contributed by atoms with Crippen LogP contribution in [-0.4, -0.2) is 17.7 Å². The Kier molecular flexibility index (Phi) is 9.25. The second-order valence-corrected chi connectivity index (χ2v) is 9.15. The van der Waals surface area contributed by atoms with E-state index in [1.165, 1.54) is 6.21 Å². The fourth-order valence-electron chi connectivity index (χ4n) is 2.98. The van der Waals surface area contributed by atoms with Crippen molar-refractivity contribution >= 4 is 63.4 Å². The lowest BCUT2D eigenvalue weighted by molar-refractivity contribution is -0.384. The molecule has 1 N–H and O–H groups in total. The molecule has 0 saturated carbocycles. The van der Waals surface area contributed by atoms with Gasteiger partial charge in [-0.3, -0.25) is 15.5 Å². The summed E-state index contributed by atoms with van der Waals surface area (Å²) in [5, 5.41) is 16.1. The van der Waals surface area contributed by atoms with Crippen molar-refractivity contribution in [3.63, 3.8) is 0 Å². The van der Waals surface area contributed by atoms with Crippen molar-refractivity contribution in [2.45, 2.75) is 19.7 Å². The van der Waals surface area contributed by atoms with Crippen molar-refractivity contribution in [3.05, 3.63) is 89.0 Å². The van der Waals surface area contributed by atoms with Crippen molar-refractivity contribution in [1.29, 1.82) is 0 Å². The summed E-state index contributed by atoms with van der Waals surface area (Å²) in [4.78, 5) is 10.3. The first-order valence-electron chi connectivity index (χ1n) is 10.2. The first kappa shape index (κ1) is 27.8. The van der Waals surface area contributed by atoms with E-state index in [9.17, 15) is 23.3 Å². The molecule has 0 unspecified atom stereocenters. The summed E-state index contributed by atoms with van der Waals surface area (Å²) in [7, 11) is 0. The zero-order chi connectivity index (χ0) is 26.5. The van der Waals surface area contributed by atoms with Crippen LogP contribution in [0.4, 0.5) is 24.5 Å². The van der Waals surface area contributed by atoms with Crippen molar-refractivity contribution < 1.29 is 27.6 Å². The summed E-state index contributed by atoms with van der Waals surface area (Å²) in [6, 6.07) is 10.6. The Balaban J connectivity index is 1.81. The number of nitro groups is 1. The topological polar surface area (TPSA) is 86.0 Å². The van der Waals surface area contributed by atoms with Crippen LogP contribution in [0.2, 0.25) is 10.0 Å². The fourth-order valence-corrected chi connectivity index (χ4v) is 4.23. The lowest BCUT2D eigenvalue weighted by atomic mass is 10.1. The van der Waals surface area contributed by atoms with Gasteiger partial charge in [0, 0.05) is 21.7 Å². The van der Waals surface area contributed by atoms with E-state index in [-0.39, 0.29) is 12.3 Å². The van der Waals surface area contributed by atoms with Crippen molar-refractivity contribution in [3.8, 4) is 11.5 Å². The number of benzene rings is 3. The SMILES string of the molecule is CCOc1cc(/C=N\Nc2ccc(C(F)(F)F)cc2[N+](=O)[O-])cc(I)c1OCc1ccc(Cl)cc1Cl. The Labute approximate surface area is 227 Å². The molecule has 36 heavy (non-hydrogen) atoms. The number of alkyl halides is 3. The molecule has 0 aliphatic carbocycles. The summed E-state index contributed by atoms with van der Waals surface area (Å²) in [6.07, 6.45) is -3.35. The van der Waals surface area contributed by atoms with Gasteiger partial charge in [-0.15, -0.1) is 0 Å². The molecule has 0 bridgehead atoms. The number of anilines is 1. The maximum atomic E-state index is 12.9. The molecule has 3 aromatic rings. The number of halogens is 6. The van der Waals surface area contributed by atoms with E-state index in [1.807, 2.05) is 0 Å². The largest absolute Gasteiger partial charge is 0.490 e. The Morgan fingerprint density at radius 2 is 1.89 bits per heavy atom. The molecule has 0 saturated heterocycles. The van der Waals surface area contributed by atoms with Gasteiger partial charge in [0.2, 0.25) is 0 Å². The molecule has 0 aliphatic rings. The van der Waals surface area contributed by atoms with E-state index in [2.05, 4.69) is 33.1 Å². The molecule has 0 atom stereocenters. The molecule has 0 aromatic heterocycles. The molecule has 7 nitrogen and oxygen atoms in total. The van der Waals surface area contributed by atoms with Gasteiger partial charge < -0.3 is 9.47 Å². The number of ether oxygens (including phenoxy) is 2. The van der Waals surface area contributed by atoms with E-state index in [1.54, 1.807) is 37.3 Å². The number of hydrogen-bond donors (Lipinski definition) is 1. The quantitative estimate of drug-likeness (QED) is 0.110. The first-order chi connectivity index (χ1) is 17.0. The van der Waals surface area contributed by atoms with Crippen LogP contribution >= 0.6 is 45.8 Å². The minimum Gasteiger partial charge on any atom is -0.490 e. The summed E-state index contributed by atoms with van der Waals surface area (Å²) in [6.45, 7) is 2.32. The van der Waals surface area contributed by atoms with Gasteiger partial charge >= 0.3 is 6.18 Å². The Morgan fingerprint density at radius 1 is 1.14 bits per heavy atom. The summed E-state index contributed by atoms with van der Waals surface area (Å²) >= 11 is 14.2. The number of hydrogen-bond acceptors (Lipinski definition) is 6. The monoisotopic (exact) mass is 653 g/mol. The van der Waals surface area contributed by atoms with Crippen LogP contribution < -0.4 is 14.9 Å². The third kappa shape index (κ3) is 7.14. The first-order valence-corrected chi connectivity index (χ1v) is 12.0. The van der Waals surface area contributed by atoms with E-state index in [4.69, 9.17) is 32.7 Å². The lowest BCUT2D eigenvalue weighted by Gasteiger charge is -2.15. The molecule has 0 spiro atoms. The third-order valence-corrected chi connectivity index (χ3v) is 6.03. The molecule has 0 fully saturated rings. The lowest BCUT2D eigenvalue weighted by Crippen LogP contribution is -2.06. The van der Waals surface area contributed by atoms with E-state index < -0.39 is 22.4 Å². The molecular formula is C23H17Cl2F3IN3O4. The van der Waals surface area contributed by atoms with Gasteiger partial charge in [0.15, 0.2) is 11.5 Å². The molecule has 3 aromatic carbocycles. The molecule has 190 valence electrons. The van der Waals surface area contributed by atoms with Crippen LogP contribution in [0.1, 0.15) is 23.6 Å². The number of nitrogens with one attached hydrogen (secondary N) is 1. The second-order valence-electron chi connectivity index (χ2n) is 7.14. The number of rotatable bonds is 9. The Hall–Kier alpha value is -2.77. The van der Waals surface area contributed by atoms with Gasteiger partial charge in [0.1, 0.15) is 12.3 Å². The Morgan fingerprint density at radius 3 is 2.53 bits per heavy atom. The summed E-state index contributed by atoms with van der Waals surface area (Å²) < 4.78 is 51.0. The maximum absolute atomic E-state index is 12.9. The van der Waals surface area contributed by atoms with E-state index in [0.717, 1.165) is 17.7 Å². The fraction of sp³-hybridized carbons (Fsp3) is 0.174. The van der Waals surface area contributed by atoms with Crippen LogP contribution in [0.15, 0.2) is 53.6 Å². The zero-order valence-corrected chi connectivity index (χ0v) is 22.1. The average molecular weight is 654 g/mol. The molecule has 3 rings (SSSR count). The average Bonchev–Trinajstić information content (AvgIpc) is 2.79. The minimum absolute atomic E-state index is 0.165. The number of nitro benzene ring substituents is 1. The van der Waals surface area contributed by atoms with E-state index >= 15 is 0 Å².